The van der Waals surface area contributed by atoms with Gasteiger partial charge in [-0.3, -0.25) is 5.43 Å². The minimum absolute atomic E-state index is 0.0541. The van der Waals surface area contributed by atoms with Crippen LogP contribution in [0.25, 0.3) is 0 Å². The molecule has 5 nitrogen and oxygen atoms in total. The van der Waals surface area contributed by atoms with E-state index in [1.165, 1.54) is 5.56 Å². The molecule has 1 aromatic rings. The van der Waals surface area contributed by atoms with E-state index in [2.05, 4.69) is 53.8 Å². The molecule has 0 fully saturated rings. The molecule has 1 unspecified atom stereocenters. The number of nitrogens with one attached hydrogen (secondary N) is 2. The van der Waals surface area contributed by atoms with Crippen LogP contribution in [0.2, 0.25) is 0 Å². The molecule has 1 aromatic carbocycles. The first-order valence-electron chi connectivity index (χ1n) is 7.32. The number of rotatable bonds is 7. The van der Waals surface area contributed by atoms with Crippen LogP contribution in [0.3, 0.4) is 0 Å². The van der Waals surface area contributed by atoms with Gasteiger partial charge >= 0.3 is 0 Å². The number of methoxy groups -OCH3 is 1. The molecule has 0 saturated heterocycles. The number of aryl methyl sites for hydroxylation is 1. The normalized spacial score (nSPS) is 13.9. The van der Waals surface area contributed by atoms with Gasteiger partial charge < -0.3 is 10.1 Å². The molecule has 0 aromatic heterocycles. The maximum atomic E-state index is 5.55. The van der Waals surface area contributed by atoms with Gasteiger partial charge in [-0.1, -0.05) is 30.3 Å². The molecule has 5 heteroatoms. The predicted octanol–water partition coefficient (Wildman–Crippen LogP) is 1.84. The lowest BCUT2D eigenvalue weighted by Crippen LogP contribution is -2.52. The quantitative estimate of drug-likeness (QED) is 0.310. The number of ether oxygens (including phenoxy) is 1. The summed E-state index contributed by atoms with van der Waals surface area (Å²) in [4.78, 5) is 4.47. The average Bonchev–Trinajstić information content (AvgIpc) is 2.45. The maximum absolute atomic E-state index is 5.55. The summed E-state index contributed by atoms with van der Waals surface area (Å²) < 4.78 is 5.08. The molecule has 0 bridgehead atoms. The zero-order chi connectivity index (χ0) is 15.7. The highest BCUT2D eigenvalue weighted by molar-refractivity contribution is 5.80. The second-order valence-electron chi connectivity index (χ2n) is 5.92. The Balaban J connectivity index is 2.56. The minimum Gasteiger partial charge on any atom is -0.382 e. The Morgan fingerprint density at radius 3 is 2.57 bits per heavy atom. The summed E-state index contributed by atoms with van der Waals surface area (Å²) in [6.07, 6.45) is 1.99. The molecule has 0 heterocycles. The third kappa shape index (κ3) is 7.11. The summed E-state index contributed by atoms with van der Waals surface area (Å²) in [7, 11) is 1.67. The number of aliphatic imine (C=N–C) groups is 1. The summed E-state index contributed by atoms with van der Waals surface area (Å²) in [5.41, 5.74) is 3.86. The number of hydrogen-bond donors (Lipinski definition) is 3. The molecular formula is C16H28N4O. The minimum atomic E-state index is -0.103. The third-order valence-electron chi connectivity index (χ3n) is 3.23. The molecular weight excluding hydrogens is 264 g/mol. The number of nitrogens with two attached hydrogens (primary N) is 1. The van der Waals surface area contributed by atoms with E-state index in [0.29, 0.717) is 12.6 Å². The Morgan fingerprint density at radius 2 is 2.00 bits per heavy atom. The van der Waals surface area contributed by atoms with Crippen LogP contribution >= 0.6 is 0 Å². The van der Waals surface area contributed by atoms with Gasteiger partial charge in [0.15, 0.2) is 0 Å². The summed E-state index contributed by atoms with van der Waals surface area (Å²) in [5, 5.41) is 3.36. The molecule has 118 valence electrons. The topological polar surface area (TPSA) is 71.7 Å². The second-order valence-corrected chi connectivity index (χ2v) is 5.92. The number of hydrogen-bond acceptors (Lipinski definition) is 3. The molecule has 0 amide bonds. The van der Waals surface area contributed by atoms with E-state index in [1.54, 1.807) is 7.11 Å². The SMILES string of the molecule is COCC(C)N=C(NN)NC(C)(C)CCc1ccccc1. The summed E-state index contributed by atoms with van der Waals surface area (Å²) >= 11 is 0. The first-order valence-corrected chi connectivity index (χ1v) is 7.32. The maximum Gasteiger partial charge on any atom is 0.206 e. The second kappa shape index (κ2) is 8.64. The predicted molar refractivity (Wildman–Crippen MR) is 88.1 cm³/mol. The fourth-order valence-electron chi connectivity index (χ4n) is 2.09. The van der Waals surface area contributed by atoms with Crippen molar-refractivity contribution in [1.82, 2.24) is 10.7 Å². The van der Waals surface area contributed by atoms with Gasteiger partial charge in [0.1, 0.15) is 0 Å². The summed E-state index contributed by atoms with van der Waals surface area (Å²) in [6, 6.07) is 10.5. The van der Waals surface area contributed by atoms with E-state index >= 15 is 0 Å². The van der Waals surface area contributed by atoms with E-state index in [9.17, 15) is 0 Å². The van der Waals surface area contributed by atoms with Crippen LogP contribution in [-0.4, -0.2) is 31.3 Å². The van der Waals surface area contributed by atoms with Gasteiger partial charge in [-0.2, -0.15) is 0 Å². The van der Waals surface area contributed by atoms with Gasteiger partial charge in [0.05, 0.1) is 12.6 Å². The fraction of sp³-hybridized carbons (Fsp3) is 0.562. The first kappa shape index (κ1) is 17.5. The number of hydrazine groups is 1. The van der Waals surface area contributed by atoms with Gasteiger partial charge in [0.25, 0.3) is 0 Å². The molecule has 0 saturated carbocycles. The molecule has 1 atom stereocenters. The van der Waals surface area contributed by atoms with Crippen molar-refractivity contribution in [1.29, 1.82) is 0 Å². The Bertz CT molecular complexity index is 431. The van der Waals surface area contributed by atoms with Crippen molar-refractivity contribution in [2.24, 2.45) is 10.8 Å². The molecule has 0 aliphatic rings. The van der Waals surface area contributed by atoms with E-state index < -0.39 is 0 Å². The highest BCUT2D eigenvalue weighted by atomic mass is 16.5. The van der Waals surface area contributed by atoms with E-state index in [1.807, 2.05) is 13.0 Å². The summed E-state index contributed by atoms with van der Waals surface area (Å²) in [6.45, 7) is 6.84. The average molecular weight is 292 g/mol. The van der Waals surface area contributed by atoms with Crippen LogP contribution in [0.1, 0.15) is 32.8 Å². The first-order chi connectivity index (χ1) is 9.96. The lowest BCUT2D eigenvalue weighted by atomic mass is 9.95. The van der Waals surface area contributed by atoms with E-state index in [-0.39, 0.29) is 11.6 Å². The van der Waals surface area contributed by atoms with E-state index in [0.717, 1.165) is 12.8 Å². The lowest BCUT2D eigenvalue weighted by Gasteiger charge is -2.28. The largest absolute Gasteiger partial charge is 0.382 e. The molecule has 1 rings (SSSR count). The zero-order valence-corrected chi connectivity index (χ0v) is 13.5. The standard InChI is InChI=1S/C16H28N4O/c1-13(12-21-4)18-15(20-17)19-16(2,3)11-10-14-8-6-5-7-9-14/h5-9,13H,10-12,17H2,1-4H3,(H2,18,19,20). The van der Waals surface area contributed by atoms with Gasteiger partial charge in [0.2, 0.25) is 5.96 Å². The van der Waals surface area contributed by atoms with Crippen molar-refractivity contribution in [3.8, 4) is 0 Å². The van der Waals surface area contributed by atoms with Gasteiger partial charge in [-0.05, 0) is 39.2 Å². The van der Waals surface area contributed by atoms with Crippen molar-refractivity contribution < 1.29 is 4.74 Å². The van der Waals surface area contributed by atoms with Crippen LogP contribution in [0.4, 0.5) is 0 Å². The van der Waals surface area contributed by atoms with Gasteiger partial charge in [-0.15, -0.1) is 0 Å². The Morgan fingerprint density at radius 1 is 1.33 bits per heavy atom. The van der Waals surface area contributed by atoms with Crippen LogP contribution in [0.5, 0.6) is 0 Å². The van der Waals surface area contributed by atoms with Crippen molar-refractivity contribution in [2.45, 2.75) is 45.2 Å². The Kier molecular flexibility index (Phi) is 7.19. The highest BCUT2D eigenvalue weighted by Gasteiger charge is 2.19. The molecule has 4 N–H and O–H groups in total. The number of guanidine groups is 1. The lowest BCUT2D eigenvalue weighted by molar-refractivity contribution is 0.185. The molecule has 0 aliphatic heterocycles. The fourth-order valence-corrected chi connectivity index (χ4v) is 2.09. The van der Waals surface area contributed by atoms with Crippen LogP contribution in [-0.2, 0) is 11.2 Å². The Labute approximate surface area is 127 Å². The molecule has 21 heavy (non-hydrogen) atoms. The summed E-state index contributed by atoms with van der Waals surface area (Å²) in [5.74, 6) is 6.14. The van der Waals surface area contributed by atoms with E-state index in [4.69, 9.17) is 10.6 Å². The highest BCUT2D eigenvalue weighted by Crippen LogP contribution is 2.13. The monoisotopic (exact) mass is 292 g/mol. The number of nitrogens with zero attached hydrogens (tertiary/aromatic N) is 1. The van der Waals surface area contributed by atoms with Gasteiger partial charge in [-0.25, -0.2) is 10.8 Å². The Hall–Kier alpha value is -1.59. The van der Waals surface area contributed by atoms with Crippen molar-refractivity contribution >= 4 is 5.96 Å². The van der Waals surface area contributed by atoms with Crippen molar-refractivity contribution in [2.75, 3.05) is 13.7 Å². The third-order valence-corrected chi connectivity index (χ3v) is 3.23. The van der Waals surface area contributed by atoms with Crippen LogP contribution in [0, 0.1) is 0 Å². The van der Waals surface area contributed by atoms with Crippen molar-refractivity contribution in [3.05, 3.63) is 35.9 Å². The number of benzene rings is 1. The zero-order valence-electron chi connectivity index (χ0n) is 13.5. The smallest absolute Gasteiger partial charge is 0.206 e. The molecule has 0 aliphatic carbocycles. The van der Waals surface area contributed by atoms with Gasteiger partial charge in [0, 0.05) is 12.6 Å². The molecule has 0 radical (unpaired) electrons. The molecule has 0 spiro atoms. The van der Waals surface area contributed by atoms with Crippen LogP contribution in [0.15, 0.2) is 35.3 Å². The van der Waals surface area contributed by atoms with Crippen LogP contribution < -0.4 is 16.6 Å². The van der Waals surface area contributed by atoms with Crippen molar-refractivity contribution in [3.63, 3.8) is 0 Å².